The minimum Gasteiger partial charge on any atom is -0.294 e. The Morgan fingerprint density at radius 3 is 1.08 bits per heavy atom. The van der Waals surface area contributed by atoms with Gasteiger partial charge in [-0.25, -0.2) is 0 Å². The highest BCUT2D eigenvalue weighted by Gasteiger charge is 2.58. The Balaban J connectivity index is 2.98. The molecule has 0 aliphatic rings. The molecule has 2 rings (SSSR count). The van der Waals surface area contributed by atoms with Crippen LogP contribution in [0.1, 0.15) is 34.6 Å². The highest BCUT2D eigenvalue weighted by Crippen LogP contribution is 2.36. The van der Waals surface area contributed by atoms with Gasteiger partial charge in [-0.3, -0.25) is 19.2 Å². The molecule has 2 aromatic rings. The summed E-state index contributed by atoms with van der Waals surface area (Å²) >= 11 is 0. The van der Waals surface area contributed by atoms with Crippen LogP contribution in [-0.4, -0.2) is 51.2 Å². The number of halogens is 6. The summed E-state index contributed by atoms with van der Waals surface area (Å²) in [6.07, 6.45) is 0. The number of anilines is 2. The zero-order valence-electron chi connectivity index (χ0n) is 18.9. The predicted molar refractivity (Wildman–Crippen MR) is 118 cm³/mol. The molecule has 0 N–H and O–H groups in total. The van der Waals surface area contributed by atoms with Crippen LogP contribution in [0.3, 0.4) is 0 Å². The van der Waals surface area contributed by atoms with Crippen LogP contribution in [0.4, 0.5) is 37.7 Å². The summed E-state index contributed by atoms with van der Waals surface area (Å²) in [6, 6.07) is 6.09. The van der Waals surface area contributed by atoms with E-state index in [4.69, 9.17) is 0 Å². The van der Waals surface area contributed by atoms with Gasteiger partial charge in [-0.05, 0) is 38.1 Å². The summed E-state index contributed by atoms with van der Waals surface area (Å²) in [5.41, 5.74) is -17.3. The first-order chi connectivity index (χ1) is 17.2. The molecule has 0 bridgehead atoms. The van der Waals surface area contributed by atoms with Crippen molar-refractivity contribution in [2.45, 2.75) is 24.9 Å². The zero-order chi connectivity index (χ0) is 29.4. The maximum Gasteiger partial charge on any atom is 0.517 e. The molecular formula is C20H14F6N2O8S2. The topological polar surface area (TPSA) is 143 Å². The van der Waals surface area contributed by atoms with Gasteiger partial charge >= 0.3 is 42.9 Å². The molecule has 18 heteroatoms. The third-order valence-corrected chi connectivity index (χ3v) is 7.48. The van der Waals surface area contributed by atoms with Gasteiger partial charge in [-0.15, -0.1) is 0 Å². The number of hydrogen-bond donors (Lipinski definition) is 0. The van der Waals surface area contributed by atoms with Crippen LogP contribution < -0.4 is 8.61 Å². The van der Waals surface area contributed by atoms with Crippen molar-refractivity contribution in [2.75, 3.05) is 8.61 Å². The number of nitrogens with zero attached hydrogens (tertiary/aromatic N) is 2. The quantitative estimate of drug-likeness (QED) is 0.285. The molecule has 0 heterocycles. The summed E-state index contributed by atoms with van der Waals surface area (Å²) in [4.78, 5) is 49.8. The zero-order valence-corrected chi connectivity index (χ0v) is 20.5. The van der Waals surface area contributed by atoms with Gasteiger partial charge in [-0.1, -0.05) is 24.3 Å². The van der Waals surface area contributed by atoms with E-state index >= 15 is 0 Å². The van der Waals surface area contributed by atoms with Crippen molar-refractivity contribution in [3.8, 4) is 0 Å². The van der Waals surface area contributed by atoms with E-state index in [1.54, 1.807) is 0 Å². The van der Waals surface area contributed by atoms with Gasteiger partial charge in [0.1, 0.15) is 0 Å². The highest BCUT2D eigenvalue weighted by atomic mass is 32.2. The van der Waals surface area contributed by atoms with E-state index in [9.17, 15) is 62.4 Å². The van der Waals surface area contributed by atoms with Crippen molar-refractivity contribution >= 4 is 54.8 Å². The predicted octanol–water partition coefficient (Wildman–Crippen LogP) is 3.16. The Morgan fingerprint density at radius 2 is 0.842 bits per heavy atom. The second kappa shape index (κ2) is 10.2. The van der Waals surface area contributed by atoms with Gasteiger partial charge in [0.15, 0.2) is 11.6 Å². The Bertz CT molecular complexity index is 1420. The van der Waals surface area contributed by atoms with E-state index in [1.807, 2.05) is 0 Å². The Kier molecular flexibility index (Phi) is 8.14. The normalized spacial score (nSPS) is 12.5. The average Bonchev–Trinajstić information content (AvgIpc) is 2.77. The standard InChI is InChI=1S/C20H14F6N2O8S2/c1-11(29)13-7-3-5-9-15(13)27(37(33,34)19(21,22)23)17(31)18(32)28(38(35,36)20(24,25)26)16-10-6-4-8-14(16)12(2)30/h3-10H,1-2H3. The van der Waals surface area contributed by atoms with Crippen LogP contribution in [0.5, 0.6) is 0 Å². The number of carbonyl (C=O) groups is 4. The molecule has 0 saturated carbocycles. The number of carbonyl (C=O) groups excluding carboxylic acids is 4. The van der Waals surface area contributed by atoms with Gasteiger partial charge in [0.2, 0.25) is 0 Å². The molecule has 206 valence electrons. The number of rotatable bonds is 6. The van der Waals surface area contributed by atoms with Crippen LogP contribution in [-0.2, 0) is 29.6 Å². The number of alkyl halides is 6. The molecule has 10 nitrogen and oxygen atoms in total. The lowest BCUT2D eigenvalue weighted by Crippen LogP contribution is -2.55. The number of sulfonamides is 2. The van der Waals surface area contributed by atoms with E-state index < -0.39 is 85.6 Å². The van der Waals surface area contributed by atoms with Crippen LogP contribution in [0.15, 0.2) is 48.5 Å². The lowest BCUT2D eigenvalue weighted by molar-refractivity contribution is -0.135. The molecule has 0 aliphatic heterocycles. The summed E-state index contributed by atoms with van der Waals surface area (Å²) < 4.78 is 128. The molecule has 0 fully saturated rings. The number of ketones is 2. The first kappa shape index (κ1) is 30.4. The Labute approximate surface area is 210 Å². The van der Waals surface area contributed by atoms with E-state index in [0.717, 1.165) is 50.2 Å². The molecule has 38 heavy (non-hydrogen) atoms. The van der Waals surface area contributed by atoms with Crippen molar-refractivity contribution in [2.24, 2.45) is 0 Å². The van der Waals surface area contributed by atoms with Crippen molar-refractivity contribution in [3.63, 3.8) is 0 Å². The van der Waals surface area contributed by atoms with Gasteiger partial charge in [0.25, 0.3) is 0 Å². The van der Waals surface area contributed by atoms with E-state index in [0.29, 0.717) is 12.1 Å². The smallest absolute Gasteiger partial charge is 0.294 e. The summed E-state index contributed by atoms with van der Waals surface area (Å²) in [6.45, 7) is 1.46. The summed E-state index contributed by atoms with van der Waals surface area (Å²) in [7, 11) is -13.9. The first-order valence-electron chi connectivity index (χ1n) is 9.69. The van der Waals surface area contributed by atoms with Crippen molar-refractivity contribution in [3.05, 3.63) is 59.7 Å². The second-order valence-corrected chi connectivity index (χ2v) is 10.7. The lowest BCUT2D eigenvalue weighted by Gasteiger charge is -2.28. The molecule has 0 unspecified atom stereocenters. The van der Waals surface area contributed by atoms with Gasteiger partial charge < -0.3 is 0 Å². The largest absolute Gasteiger partial charge is 0.517 e. The van der Waals surface area contributed by atoms with Crippen LogP contribution in [0.2, 0.25) is 0 Å². The summed E-state index contributed by atoms with van der Waals surface area (Å²) in [5, 5.41) is 0. The average molecular weight is 588 g/mol. The molecule has 0 radical (unpaired) electrons. The van der Waals surface area contributed by atoms with E-state index in [-0.39, 0.29) is 0 Å². The van der Waals surface area contributed by atoms with Gasteiger partial charge in [0.05, 0.1) is 11.4 Å². The fourth-order valence-corrected chi connectivity index (χ4v) is 4.82. The summed E-state index contributed by atoms with van der Waals surface area (Å²) in [5.74, 6) is -8.18. The lowest BCUT2D eigenvalue weighted by atomic mass is 10.1. The van der Waals surface area contributed by atoms with Crippen molar-refractivity contribution in [1.82, 2.24) is 0 Å². The number of Topliss-reactive ketones (excluding diaryl/α,β-unsaturated/α-hetero) is 2. The van der Waals surface area contributed by atoms with Gasteiger partial charge in [0, 0.05) is 11.1 Å². The maximum atomic E-state index is 13.5. The molecule has 0 aliphatic carbocycles. The van der Waals surface area contributed by atoms with Crippen molar-refractivity contribution < 1.29 is 62.4 Å². The minimum absolute atomic E-state index is 0.456. The maximum absolute atomic E-state index is 13.5. The molecule has 0 saturated heterocycles. The van der Waals surface area contributed by atoms with Crippen molar-refractivity contribution in [1.29, 1.82) is 0 Å². The molecular weight excluding hydrogens is 574 g/mol. The van der Waals surface area contributed by atoms with Gasteiger partial charge in [-0.2, -0.15) is 51.8 Å². The monoisotopic (exact) mass is 588 g/mol. The second-order valence-electron chi connectivity index (χ2n) is 7.19. The highest BCUT2D eigenvalue weighted by molar-refractivity contribution is 7.95. The number of para-hydroxylation sites is 2. The molecule has 2 aromatic carbocycles. The molecule has 0 spiro atoms. The fourth-order valence-electron chi connectivity index (χ4n) is 2.97. The molecule has 0 atom stereocenters. The first-order valence-corrected chi connectivity index (χ1v) is 12.6. The SMILES string of the molecule is CC(=O)c1ccccc1N(C(=O)C(=O)N(c1ccccc1C(C)=O)S(=O)(=O)C(F)(F)F)S(=O)(=O)C(F)(F)F. The third-order valence-electron chi connectivity index (χ3n) is 4.62. The Hall–Kier alpha value is -3.80. The van der Waals surface area contributed by atoms with E-state index in [1.165, 1.54) is 0 Å². The number of benzene rings is 2. The number of hydrogen-bond acceptors (Lipinski definition) is 8. The minimum atomic E-state index is -6.97. The third kappa shape index (κ3) is 5.40. The van der Waals surface area contributed by atoms with Crippen LogP contribution in [0.25, 0.3) is 0 Å². The van der Waals surface area contributed by atoms with Crippen LogP contribution >= 0.6 is 0 Å². The Morgan fingerprint density at radius 1 is 0.579 bits per heavy atom. The number of amides is 2. The fraction of sp³-hybridized carbons (Fsp3) is 0.200. The van der Waals surface area contributed by atoms with E-state index in [2.05, 4.69) is 0 Å². The molecule has 2 amide bonds. The molecule has 0 aromatic heterocycles. The van der Waals surface area contributed by atoms with Crippen LogP contribution in [0, 0.1) is 0 Å².